The number of amides is 3. The second kappa shape index (κ2) is 10.5. The number of hydrogen-bond donors (Lipinski definition) is 0. The van der Waals surface area contributed by atoms with Crippen molar-refractivity contribution in [1.82, 2.24) is 4.90 Å². The van der Waals surface area contributed by atoms with Crippen LogP contribution in [0, 0.1) is 10.1 Å². The van der Waals surface area contributed by atoms with Gasteiger partial charge in [0.2, 0.25) is 0 Å². The molecule has 196 valence electrons. The van der Waals surface area contributed by atoms with Gasteiger partial charge in [0.25, 0.3) is 23.4 Å². The van der Waals surface area contributed by atoms with Gasteiger partial charge >= 0.3 is 0 Å². The average Bonchev–Trinajstić information content (AvgIpc) is 2.94. The van der Waals surface area contributed by atoms with Crippen molar-refractivity contribution < 1.29 is 24.0 Å². The fraction of sp³-hybridized carbons (Fsp3) is 0.138. The SMILES string of the molecule is CCOc1ccc(N(CCN2C(=O)c3cccc4cccc(c34)C2=O)C(=O)c2cc([N+](=O)[O-])ccc2Cl)cc1. The first-order valence-electron chi connectivity index (χ1n) is 12.2. The first-order chi connectivity index (χ1) is 18.8. The Morgan fingerprint density at radius 1 is 0.974 bits per heavy atom. The van der Waals surface area contributed by atoms with Crippen LogP contribution < -0.4 is 9.64 Å². The van der Waals surface area contributed by atoms with E-state index in [-0.39, 0.29) is 29.4 Å². The molecule has 4 aromatic carbocycles. The molecule has 3 amide bonds. The normalized spacial score (nSPS) is 12.5. The highest BCUT2D eigenvalue weighted by Gasteiger charge is 2.33. The van der Waals surface area contributed by atoms with Crippen molar-refractivity contribution in [3.05, 3.63) is 111 Å². The first-order valence-corrected chi connectivity index (χ1v) is 12.5. The van der Waals surface area contributed by atoms with Crippen LogP contribution in [0.2, 0.25) is 5.02 Å². The van der Waals surface area contributed by atoms with Crippen LogP contribution in [-0.4, -0.2) is 47.2 Å². The van der Waals surface area contributed by atoms with Crippen LogP contribution in [0.4, 0.5) is 11.4 Å². The molecule has 0 aliphatic carbocycles. The van der Waals surface area contributed by atoms with Crippen LogP contribution in [0.25, 0.3) is 10.8 Å². The van der Waals surface area contributed by atoms with Gasteiger partial charge in [-0.2, -0.15) is 0 Å². The van der Waals surface area contributed by atoms with Crippen molar-refractivity contribution in [3.63, 3.8) is 0 Å². The Balaban J connectivity index is 1.50. The maximum absolute atomic E-state index is 13.7. The highest BCUT2D eigenvalue weighted by molar-refractivity contribution is 6.34. The molecule has 1 aliphatic heterocycles. The molecule has 0 radical (unpaired) electrons. The third-order valence-corrected chi connectivity index (χ3v) is 6.83. The highest BCUT2D eigenvalue weighted by Crippen LogP contribution is 2.31. The number of imide groups is 1. The van der Waals surface area contributed by atoms with Gasteiger partial charge in [-0.15, -0.1) is 0 Å². The maximum Gasteiger partial charge on any atom is 0.270 e. The molecule has 0 saturated heterocycles. The molecular formula is C29H22ClN3O6. The first kappa shape index (κ1) is 25.9. The van der Waals surface area contributed by atoms with Gasteiger partial charge < -0.3 is 9.64 Å². The van der Waals surface area contributed by atoms with E-state index in [0.717, 1.165) is 16.4 Å². The standard InChI is InChI=1S/C29H22ClN3O6/c1-2-39-21-12-9-19(10-13-21)31(29(36)24-17-20(33(37)38)11-14-25(24)30)15-16-32-27(34)22-7-3-5-18-6-4-8-23(26(18)22)28(32)35/h3-14,17H,2,15-16H2,1H3. The topological polar surface area (TPSA) is 110 Å². The maximum atomic E-state index is 13.7. The van der Waals surface area contributed by atoms with E-state index in [2.05, 4.69) is 0 Å². The Bertz CT molecular complexity index is 1590. The third kappa shape index (κ3) is 4.80. The minimum atomic E-state index is -0.618. The van der Waals surface area contributed by atoms with E-state index in [1.54, 1.807) is 48.5 Å². The Morgan fingerprint density at radius 2 is 1.62 bits per heavy atom. The minimum Gasteiger partial charge on any atom is -0.494 e. The van der Waals surface area contributed by atoms with Gasteiger partial charge in [0.05, 0.1) is 22.1 Å². The Labute approximate surface area is 228 Å². The smallest absolute Gasteiger partial charge is 0.270 e. The minimum absolute atomic E-state index is 0.0345. The predicted molar refractivity (Wildman–Crippen MR) is 147 cm³/mol. The Kier molecular flexibility index (Phi) is 7.00. The van der Waals surface area contributed by atoms with Crippen molar-refractivity contribution >= 4 is 51.5 Å². The molecule has 5 rings (SSSR count). The summed E-state index contributed by atoms with van der Waals surface area (Å²) in [5, 5.41) is 12.8. The van der Waals surface area contributed by atoms with E-state index in [1.807, 2.05) is 19.1 Å². The Morgan fingerprint density at radius 3 is 2.21 bits per heavy atom. The summed E-state index contributed by atoms with van der Waals surface area (Å²) in [5.74, 6) is -0.950. The molecule has 10 heteroatoms. The summed E-state index contributed by atoms with van der Waals surface area (Å²) in [4.78, 5) is 53.7. The molecule has 4 aromatic rings. The summed E-state index contributed by atoms with van der Waals surface area (Å²) in [7, 11) is 0. The van der Waals surface area contributed by atoms with Crippen LogP contribution in [0.3, 0.4) is 0 Å². The number of halogens is 1. The summed E-state index contributed by atoms with van der Waals surface area (Å²) in [6.07, 6.45) is 0. The van der Waals surface area contributed by atoms with Gasteiger partial charge in [-0.1, -0.05) is 35.9 Å². The number of non-ortho nitro benzene ring substituents is 1. The van der Waals surface area contributed by atoms with Crippen LogP contribution in [0.5, 0.6) is 5.75 Å². The van der Waals surface area contributed by atoms with Crippen molar-refractivity contribution in [2.75, 3.05) is 24.6 Å². The van der Waals surface area contributed by atoms with E-state index < -0.39 is 22.6 Å². The molecule has 0 bridgehead atoms. The molecule has 0 saturated carbocycles. The lowest BCUT2D eigenvalue weighted by atomic mass is 9.94. The van der Waals surface area contributed by atoms with Crippen molar-refractivity contribution in [2.24, 2.45) is 0 Å². The van der Waals surface area contributed by atoms with Gasteiger partial charge in [-0.05, 0) is 54.8 Å². The summed E-state index contributed by atoms with van der Waals surface area (Å²) >= 11 is 6.28. The zero-order chi connectivity index (χ0) is 27.7. The van der Waals surface area contributed by atoms with Crippen LogP contribution in [0.15, 0.2) is 78.9 Å². The van der Waals surface area contributed by atoms with Crippen molar-refractivity contribution in [1.29, 1.82) is 0 Å². The molecule has 9 nitrogen and oxygen atoms in total. The zero-order valence-electron chi connectivity index (χ0n) is 20.8. The number of ether oxygens (including phenoxy) is 1. The number of carbonyl (C=O) groups excluding carboxylic acids is 3. The van der Waals surface area contributed by atoms with Crippen LogP contribution >= 0.6 is 11.6 Å². The van der Waals surface area contributed by atoms with Crippen LogP contribution in [0.1, 0.15) is 38.0 Å². The van der Waals surface area contributed by atoms with E-state index in [4.69, 9.17) is 16.3 Å². The number of nitro benzene ring substituents is 1. The second-order valence-corrected chi connectivity index (χ2v) is 9.18. The Hall–Kier alpha value is -4.76. The molecule has 1 aliphatic rings. The molecule has 0 unspecified atom stereocenters. The summed E-state index contributed by atoms with van der Waals surface area (Å²) in [5.41, 5.74) is 0.879. The summed E-state index contributed by atoms with van der Waals surface area (Å²) in [6.45, 7) is 2.10. The highest BCUT2D eigenvalue weighted by atomic mass is 35.5. The molecule has 0 fully saturated rings. The van der Waals surface area contributed by atoms with Gasteiger partial charge in [0.15, 0.2) is 0 Å². The number of rotatable bonds is 8. The van der Waals surface area contributed by atoms with Crippen molar-refractivity contribution in [3.8, 4) is 5.75 Å². The predicted octanol–water partition coefficient (Wildman–Crippen LogP) is 5.74. The van der Waals surface area contributed by atoms with Gasteiger partial charge in [-0.25, -0.2) is 0 Å². The number of nitrogens with zero attached hydrogens (tertiary/aromatic N) is 3. The van der Waals surface area contributed by atoms with E-state index in [0.29, 0.717) is 34.6 Å². The number of benzene rings is 4. The quantitative estimate of drug-likeness (QED) is 0.159. The molecule has 0 N–H and O–H groups in total. The lowest BCUT2D eigenvalue weighted by Gasteiger charge is -2.30. The molecule has 0 spiro atoms. The monoisotopic (exact) mass is 543 g/mol. The number of nitro groups is 1. The molecule has 39 heavy (non-hydrogen) atoms. The molecule has 0 aromatic heterocycles. The largest absolute Gasteiger partial charge is 0.494 e. The number of hydrogen-bond acceptors (Lipinski definition) is 6. The molecule has 0 atom stereocenters. The van der Waals surface area contributed by atoms with E-state index >= 15 is 0 Å². The lowest BCUT2D eigenvalue weighted by molar-refractivity contribution is -0.384. The van der Waals surface area contributed by atoms with Gasteiger partial charge in [-0.3, -0.25) is 29.4 Å². The molecular weight excluding hydrogens is 522 g/mol. The summed E-state index contributed by atoms with van der Waals surface area (Å²) < 4.78 is 5.49. The van der Waals surface area contributed by atoms with Gasteiger partial charge in [0, 0.05) is 47.4 Å². The fourth-order valence-electron chi connectivity index (χ4n) is 4.66. The molecule has 1 heterocycles. The summed E-state index contributed by atoms with van der Waals surface area (Å²) in [6, 6.07) is 20.8. The number of carbonyl (C=O) groups is 3. The van der Waals surface area contributed by atoms with Crippen molar-refractivity contribution in [2.45, 2.75) is 6.92 Å². The van der Waals surface area contributed by atoms with Crippen LogP contribution in [-0.2, 0) is 0 Å². The zero-order valence-corrected chi connectivity index (χ0v) is 21.6. The second-order valence-electron chi connectivity index (χ2n) is 8.78. The van der Waals surface area contributed by atoms with Gasteiger partial charge in [0.1, 0.15) is 5.75 Å². The van der Waals surface area contributed by atoms with E-state index in [1.165, 1.54) is 17.0 Å². The third-order valence-electron chi connectivity index (χ3n) is 6.50. The number of anilines is 1. The van der Waals surface area contributed by atoms with E-state index in [9.17, 15) is 24.5 Å². The fourth-order valence-corrected chi connectivity index (χ4v) is 4.85. The lowest BCUT2D eigenvalue weighted by Crippen LogP contribution is -2.46. The average molecular weight is 544 g/mol.